The zero-order valence-electron chi connectivity index (χ0n) is 5.58. The molecule has 0 fully saturated rings. The Balaban J connectivity index is 2.63. The van der Waals surface area contributed by atoms with E-state index in [2.05, 4.69) is 0 Å². The lowest BCUT2D eigenvalue weighted by Crippen LogP contribution is -1.90. The molecule has 0 bridgehead atoms. The second-order valence-electron chi connectivity index (χ2n) is 2.16. The van der Waals surface area contributed by atoms with Gasteiger partial charge in [-0.2, -0.15) is 0 Å². The summed E-state index contributed by atoms with van der Waals surface area (Å²) in [7, 11) is 0. The number of allylic oxidation sites excluding steroid dienone is 3. The summed E-state index contributed by atoms with van der Waals surface area (Å²) in [6.07, 6.45) is 7.06. The van der Waals surface area contributed by atoms with Crippen LogP contribution in [0.3, 0.4) is 0 Å². The van der Waals surface area contributed by atoms with Crippen LogP contribution in [0.2, 0.25) is 0 Å². The number of aliphatic hydroxyl groups excluding tert-OH is 1. The molecule has 0 heterocycles. The first-order valence-corrected chi connectivity index (χ1v) is 3.15. The Morgan fingerprint density at radius 3 is 2.80 bits per heavy atom. The van der Waals surface area contributed by atoms with E-state index in [0.29, 0.717) is 6.42 Å². The molecule has 1 aliphatic rings. The Hall–Kier alpha value is -1.02. The first-order valence-electron chi connectivity index (χ1n) is 3.15. The highest BCUT2D eigenvalue weighted by molar-refractivity contribution is 5.34. The van der Waals surface area contributed by atoms with E-state index in [4.69, 9.17) is 5.11 Å². The van der Waals surface area contributed by atoms with Gasteiger partial charge in [-0.05, 0) is 17.6 Å². The second-order valence-corrected chi connectivity index (χ2v) is 2.16. The molecule has 0 aromatic heterocycles. The molecule has 1 radical (unpaired) electrons. The molecule has 1 aliphatic carbocycles. The van der Waals surface area contributed by atoms with Crippen molar-refractivity contribution in [3.63, 3.8) is 0 Å². The van der Waals surface area contributed by atoms with Crippen LogP contribution >= 0.6 is 0 Å². The van der Waals surface area contributed by atoms with Gasteiger partial charge >= 0.3 is 0 Å². The van der Waals surface area contributed by atoms with Gasteiger partial charge in [0.1, 0.15) is 6.61 Å². The molecule has 0 aromatic rings. The van der Waals surface area contributed by atoms with Crippen LogP contribution in [0.15, 0.2) is 35.6 Å². The third-order valence-corrected chi connectivity index (χ3v) is 1.44. The fourth-order valence-corrected chi connectivity index (χ4v) is 0.802. The monoisotopic (exact) mass is 137 g/mol. The molecule has 2 heteroatoms. The smallest absolute Gasteiger partial charge is 0.107 e. The van der Waals surface area contributed by atoms with Gasteiger partial charge in [-0.25, -0.2) is 5.11 Å². The van der Waals surface area contributed by atoms with Gasteiger partial charge in [0.25, 0.3) is 0 Å². The standard InChI is InChI=1S/C8H9O2/c9-5-7-1-2-8(6-10)4-3-7/h1-3,6,10H,4-5H2. The summed E-state index contributed by atoms with van der Waals surface area (Å²) < 4.78 is 0. The molecule has 53 valence electrons. The fourth-order valence-electron chi connectivity index (χ4n) is 0.802. The van der Waals surface area contributed by atoms with Gasteiger partial charge in [-0.3, -0.25) is 0 Å². The number of aliphatic hydroxyl groups is 1. The van der Waals surface area contributed by atoms with Gasteiger partial charge in [0.15, 0.2) is 0 Å². The maximum atomic E-state index is 10.3. The maximum absolute atomic E-state index is 10.3. The molecular formula is C8H9O2. The molecule has 1 rings (SSSR count). The Morgan fingerprint density at radius 1 is 1.60 bits per heavy atom. The summed E-state index contributed by atoms with van der Waals surface area (Å²) in [6, 6.07) is 0. The zero-order valence-corrected chi connectivity index (χ0v) is 5.58. The predicted molar refractivity (Wildman–Crippen MR) is 38.1 cm³/mol. The van der Waals surface area contributed by atoms with Crippen LogP contribution in [0, 0.1) is 0 Å². The van der Waals surface area contributed by atoms with Gasteiger partial charge in [0.05, 0.1) is 6.26 Å². The predicted octanol–water partition coefficient (Wildman–Crippen LogP) is 1.75. The van der Waals surface area contributed by atoms with Crippen LogP contribution < -0.4 is 0 Å². The van der Waals surface area contributed by atoms with Crippen LogP contribution in [0.4, 0.5) is 0 Å². The first kappa shape index (κ1) is 7.09. The van der Waals surface area contributed by atoms with Gasteiger partial charge in [0.2, 0.25) is 0 Å². The van der Waals surface area contributed by atoms with Crippen molar-refractivity contribution in [1.29, 1.82) is 0 Å². The maximum Gasteiger partial charge on any atom is 0.107 e. The lowest BCUT2D eigenvalue weighted by molar-refractivity contribution is 0.225. The van der Waals surface area contributed by atoms with Crippen molar-refractivity contribution in [2.75, 3.05) is 6.61 Å². The highest BCUT2D eigenvalue weighted by Crippen LogP contribution is 2.13. The van der Waals surface area contributed by atoms with Crippen molar-refractivity contribution >= 4 is 0 Å². The SMILES string of the molecule is [O]CC1=CCC(=CO)C=C1. The largest absolute Gasteiger partial charge is 0.515 e. The van der Waals surface area contributed by atoms with Crippen LogP contribution in [0.5, 0.6) is 0 Å². The van der Waals surface area contributed by atoms with Crippen molar-refractivity contribution in [3.8, 4) is 0 Å². The Morgan fingerprint density at radius 2 is 2.40 bits per heavy atom. The second kappa shape index (κ2) is 3.22. The molecule has 0 atom stereocenters. The summed E-state index contributed by atoms with van der Waals surface area (Å²) in [6.45, 7) is -0.171. The van der Waals surface area contributed by atoms with E-state index in [9.17, 15) is 5.11 Å². The third-order valence-electron chi connectivity index (χ3n) is 1.44. The molecule has 0 aromatic carbocycles. The van der Waals surface area contributed by atoms with E-state index in [-0.39, 0.29) is 6.61 Å². The van der Waals surface area contributed by atoms with E-state index in [1.54, 1.807) is 12.2 Å². The van der Waals surface area contributed by atoms with E-state index < -0.39 is 0 Å². The highest BCUT2D eigenvalue weighted by Gasteiger charge is 1.99. The molecule has 0 amide bonds. The number of hydrogen-bond donors (Lipinski definition) is 1. The molecular weight excluding hydrogens is 128 g/mol. The lowest BCUT2D eigenvalue weighted by atomic mass is 10.0. The topological polar surface area (TPSA) is 40.1 Å². The summed E-state index contributed by atoms with van der Waals surface area (Å²) in [4.78, 5) is 0. The van der Waals surface area contributed by atoms with Crippen LogP contribution in [0.1, 0.15) is 6.42 Å². The van der Waals surface area contributed by atoms with Crippen LogP contribution in [0.25, 0.3) is 0 Å². The minimum absolute atomic E-state index is 0.171. The van der Waals surface area contributed by atoms with Crippen LogP contribution in [-0.2, 0) is 5.11 Å². The van der Waals surface area contributed by atoms with Gasteiger partial charge in [-0.1, -0.05) is 18.2 Å². The molecule has 0 aliphatic heterocycles. The van der Waals surface area contributed by atoms with E-state index in [0.717, 1.165) is 17.4 Å². The van der Waals surface area contributed by atoms with Crippen molar-refractivity contribution in [2.24, 2.45) is 0 Å². The zero-order chi connectivity index (χ0) is 7.40. The van der Waals surface area contributed by atoms with Gasteiger partial charge in [-0.15, -0.1) is 0 Å². The van der Waals surface area contributed by atoms with Gasteiger partial charge < -0.3 is 5.11 Å². The molecule has 0 saturated heterocycles. The third kappa shape index (κ3) is 1.48. The summed E-state index contributed by atoms with van der Waals surface area (Å²) in [5.41, 5.74) is 1.64. The average Bonchev–Trinajstić information content (AvgIpc) is 2.05. The Kier molecular flexibility index (Phi) is 2.29. The minimum atomic E-state index is -0.171. The number of rotatable bonds is 1. The highest BCUT2D eigenvalue weighted by atomic mass is 16.3. The summed E-state index contributed by atoms with van der Waals surface area (Å²) in [5, 5.41) is 18.8. The van der Waals surface area contributed by atoms with Gasteiger partial charge in [0, 0.05) is 0 Å². The van der Waals surface area contributed by atoms with E-state index in [1.165, 1.54) is 0 Å². The average molecular weight is 137 g/mol. The van der Waals surface area contributed by atoms with Crippen molar-refractivity contribution in [2.45, 2.75) is 6.42 Å². The summed E-state index contributed by atoms with van der Waals surface area (Å²) in [5.74, 6) is 0. The molecule has 0 spiro atoms. The lowest BCUT2D eigenvalue weighted by Gasteiger charge is -2.03. The fraction of sp³-hybridized carbons (Fsp3) is 0.250. The molecule has 2 nitrogen and oxygen atoms in total. The van der Waals surface area contributed by atoms with E-state index >= 15 is 0 Å². The molecule has 0 unspecified atom stereocenters. The summed E-state index contributed by atoms with van der Waals surface area (Å²) >= 11 is 0. The van der Waals surface area contributed by atoms with Crippen molar-refractivity contribution in [3.05, 3.63) is 35.6 Å². The molecule has 0 saturated carbocycles. The molecule has 10 heavy (non-hydrogen) atoms. The van der Waals surface area contributed by atoms with E-state index in [1.807, 2.05) is 6.08 Å². The Labute approximate surface area is 59.8 Å². The quantitative estimate of drug-likeness (QED) is 0.549. The normalized spacial score (nSPS) is 21.3. The number of hydrogen-bond acceptors (Lipinski definition) is 1. The molecule has 1 N–H and O–H groups in total. The minimum Gasteiger partial charge on any atom is -0.515 e. The van der Waals surface area contributed by atoms with Crippen molar-refractivity contribution < 1.29 is 10.2 Å². The Bertz CT molecular complexity index is 199. The van der Waals surface area contributed by atoms with Crippen LogP contribution in [-0.4, -0.2) is 11.7 Å². The van der Waals surface area contributed by atoms with Crippen molar-refractivity contribution in [1.82, 2.24) is 0 Å². The first-order chi connectivity index (χ1) is 4.86.